The number of methoxy groups -OCH3 is 1. The van der Waals surface area contributed by atoms with Gasteiger partial charge in [0.25, 0.3) is 0 Å². The molecule has 0 aromatic heterocycles. The fraction of sp³-hybridized carbons (Fsp3) is 0.111. The van der Waals surface area contributed by atoms with Crippen LogP contribution in [-0.4, -0.2) is 19.7 Å². The van der Waals surface area contributed by atoms with Gasteiger partial charge in [0.05, 0.1) is 12.1 Å². The zero-order valence-electron chi connectivity index (χ0n) is 13.2. The lowest BCUT2D eigenvalue weighted by Crippen LogP contribution is -2.04. The average molecular weight is 378 g/mol. The molecule has 0 aliphatic carbocycles. The van der Waals surface area contributed by atoms with E-state index in [4.69, 9.17) is 42.7 Å². The highest BCUT2D eigenvalue weighted by molar-refractivity contribution is 6.43. The van der Waals surface area contributed by atoms with Crippen LogP contribution in [-0.2, 0) is 4.79 Å². The Bertz CT molecular complexity index is 843. The van der Waals surface area contributed by atoms with Gasteiger partial charge in [-0.15, -0.1) is 0 Å². The smallest absolute Gasteiger partial charge is 0.336 e. The van der Waals surface area contributed by atoms with Gasteiger partial charge in [0.15, 0.2) is 23.9 Å². The predicted octanol–water partition coefficient (Wildman–Crippen LogP) is 4.52. The maximum Gasteiger partial charge on any atom is 0.336 e. The third-order valence-corrected chi connectivity index (χ3v) is 3.82. The van der Waals surface area contributed by atoms with Gasteiger partial charge < -0.3 is 14.2 Å². The summed E-state index contributed by atoms with van der Waals surface area (Å²) in [5, 5.41) is 9.03. The van der Waals surface area contributed by atoms with E-state index in [1.807, 2.05) is 6.07 Å². The largest absolute Gasteiger partial charge is 0.493 e. The van der Waals surface area contributed by atoms with Crippen molar-refractivity contribution in [2.24, 2.45) is 0 Å². The Balaban J connectivity index is 2.09. The molecule has 25 heavy (non-hydrogen) atoms. The first-order valence-electron chi connectivity index (χ1n) is 7.07. The topological polar surface area (TPSA) is 68.6 Å². The molecular weight excluding hydrogens is 365 g/mol. The van der Waals surface area contributed by atoms with Crippen LogP contribution in [0.1, 0.15) is 5.56 Å². The molecule has 0 aliphatic rings. The number of ether oxygens (including phenoxy) is 3. The molecule has 0 fully saturated rings. The average Bonchev–Trinajstić information content (AvgIpc) is 2.62. The van der Waals surface area contributed by atoms with E-state index in [1.165, 1.54) is 13.2 Å². The number of hydrogen-bond acceptors (Lipinski definition) is 5. The van der Waals surface area contributed by atoms with Crippen molar-refractivity contribution in [3.8, 4) is 23.3 Å². The number of esters is 1. The van der Waals surface area contributed by atoms with Crippen molar-refractivity contribution in [3.63, 3.8) is 0 Å². The Morgan fingerprint density at radius 1 is 1.20 bits per heavy atom. The molecule has 0 saturated carbocycles. The van der Waals surface area contributed by atoms with Crippen molar-refractivity contribution in [2.75, 3.05) is 13.7 Å². The molecule has 0 saturated heterocycles. The Labute approximate surface area is 154 Å². The molecule has 5 nitrogen and oxygen atoms in total. The van der Waals surface area contributed by atoms with Crippen LogP contribution in [0.5, 0.6) is 17.2 Å². The van der Waals surface area contributed by atoms with E-state index in [9.17, 15) is 4.79 Å². The van der Waals surface area contributed by atoms with E-state index >= 15 is 0 Å². The van der Waals surface area contributed by atoms with Crippen molar-refractivity contribution in [2.45, 2.75) is 0 Å². The maximum atomic E-state index is 11.9. The van der Waals surface area contributed by atoms with Crippen LogP contribution in [0.3, 0.4) is 0 Å². The first-order valence-corrected chi connectivity index (χ1v) is 7.82. The lowest BCUT2D eigenvalue weighted by molar-refractivity contribution is -0.128. The molecule has 0 heterocycles. The summed E-state index contributed by atoms with van der Waals surface area (Å²) < 4.78 is 15.6. The van der Waals surface area contributed by atoms with Crippen LogP contribution < -0.4 is 14.2 Å². The molecule has 128 valence electrons. The quantitative estimate of drug-likeness (QED) is 0.420. The predicted molar refractivity (Wildman–Crippen MR) is 95.2 cm³/mol. The van der Waals surface area contributed by atoms with Crippen molar-refractivity contribution >= 4 is 35.2 Å². The highest BCUT2D eigenvalue weighted by atomic mass is 35.5. The molecule has 0 atom stereocenters. The summed E-state index contributed by atoms with van der Waals surface area (Å²) in [7, 11) is 1.48. The number of carbonyl (C=O) groups excluding carboxylic acids is 1. The number of nitrogens with zero attached hydrogens (tertiary/aromatic N) is 1. The lowest BCUT2D eigenvalue weighted by atomic mass is 10.2. The second-order valence-electron chi connectivity index (χ2n) is 4.66. The minimum absolute atomic E-state index is 0.0851. The molecule has 7 heteroatoms. The van der Waals surface area contributed by atoms with Gasteiger partial charge in [-0.25, -0.2) is 4.79 Å². The molecule has 2 rings (SSSR count). The summed E-state index contributed by atoms with van der Waals surface area (Å²) >= 11 is 11.8. The molecule has 0 radical (unpaired) electrons. The van der Waals surface area contributed by atoms with Gasteiger partial charge in [-0.05, 0) is 35.9 Å². The number of benzene rings is 2. The molecular formula is C18H13Cl2NO4. The van der Waals surface area contributed by atoms with Crippen LogP contribution in [0.2, 0.25) is 10.0 Å². The third-order valence-electron chi connectivity index (χ3n) is 3.02. The van der Waals surface area contributed by atoms with Gasteiger partial charge >= 0.3 is 5.97 Å². The van der Waals surface area contributed by atoms with Crippen molar-refractivity contribution < 1.29 is 19.0 Å². The summed E-state index contributed by atoms with van der Waals surface area (Å²) in [6.07, 6.45) is 2.80. The summed E-state index contributed by atoms with van der Waals surface area (Å²) in [6, 6.07) is 11.7. The highest BCUT2D eigenvalue weighted by Gasteiger charge is 2.09. The third kappa shape index (κ3) is 5.15. The van der Waals surface area contributed by atoms with Crippen molar-refractivity contribution in [3.05, 3.63) is 58.1 Å². The van der Waals surface area contributed by atoms with Gasteiger partial charge in [0.1, 0.15) is 11.1 Å². The Hall–Kier alpha value is -2.68. The van der Waals surface area contributed by atoms with Crippen LogP contribution in [0, 0.1) is 11.3 Å². The Kier molecular flexibility index (Phi) is 6.70. The van der Waals surface area contributed by atoms with Crippen LogP contribution in [0.15, 0.2) is 42.5 Å². The Morgan fingerprint density at radius 3 is 2.72 bits per heavy atom. The van der Waals surface area contributed by atoms with E-state index in [0.29, 0.717) is 22.1 Å². The summed E-state index contributed by atoms with van der Waals surface area (Å²) in [6.45, 7) is -0.0851. The van der Waals surface area contributed by atoms with Gasteiger partial charge in [0, 0.05) is 6.08 Å². The number of halogens is 2. The fourth-order valence-corrected chi connectivity index (χ4v) is 2.22. The monoisotopic (exact) mass is 377 g/mol. The summed E-state index contributed by atoms with van der Waals surface area (Å²) in [5.41, 5.74) is 0.690. The van der Waals surface area contributed by atoms with E-state index in [-0.39, 0.29) is 17.4 Å². The molecule has 0 N–H and O–H groups in total. The van der Waals surface area contributed by atoms with Gasteiger partial charge in [-0.2, -0.15) is 5.26 Å². The molecule has 2 aromatic rings. The van der Waals surface area contributed by atoms with Crippen molar-refractivity contribution in [1.29, 1.82) is 5.26 Å². The second kappa shape index (κ2) is 8.97. The normalized spacial score (nSPS) is 10.3. The molecule has 0 spiro atoms. The number of rotatable bonds is 6. The van der Waals surface area contributed by atoms with E-state index in [0.717, 1.165) is 0 Å². The van der Waals surface area contributed by atoms with E-state index in [1.54, 1.807) is 42.5 Å². The zero-order chi connectivity index (χ0) is 18.2. The van der Waals surface area contributed by atoms with Crippen LogP contribution in [0.25, 0.3) is 6.08 Å². The maximum absolute atomic E-state index is 11.9. The minimum Gasteiger partial charge on any atom is -0.493 e. The fourth-order valence-electron chi connectivity index (χ4n) is 1.89. The van der Waals surface area contributed by atoms with Gasteiger partial charge in [-0.1, -0.05) is 35.3 Å². The number of hydrogen-bond donors (Lipinski definition) is 0. The molecule has 0 bridgehead atoms. The first-order chi connectivity index (χ1) is 12.0. The summed E-state index contributed by atoms with van der Waals surface area (Å²) in [4.78, 5) is 11.9. The molecule has 0 unspecified atom stereocenters. The minimum atomic E-state index is -0.604. The van der Waals surface area contributed by atoms with Crippen LogP contribution in [0.4, 0.5) is 0 Å². The zero-order valence-corrected chi connectivity index (χ0v) is 14.7. The standard InChI is InChI=1S/C18H13Cl2NO4/c1-23-16-11-12(5-7-14(16)24-10-9-21)6-8-17(22)25-15-4-2-3-13(19)18(15)20/h2-8,11H,10H2,1H3/b8-6+. The van der Waals surface area contributed by atoms with E-state index in [2.05, 4.69) is 0 Å². The second-order valence-corrected chi connectivity index (χ2v) is 5.45. The van der Waals surface area contributed by atoms with Crippen LogP contribution >= 0.6 is 23.2 Å². The van der Waals surface area contributed by atoms with Crippen molar-refractivity contribution in [1.82, 2.24) is 0 Å². The highest BCUT2D eigenvalue weighted by Crippen LogP contribution is 2.32. The summed E-state index contributed by atoms with van der Waals surface area (Å²) in [5.74, 6) is 0.465. The molecule has 2 aromatic carbocycles. The Morgan fingerprint density at radius 2 is 2.00 bits per heavy atom. The van der Waals surface area contributed by atoms with Gasteiger partial charge in [-0.3, -0.25) is 0 Å². The van der Waals surface area contributed by atoms with E-state index < -0.39 is 5.97 Å². The molecule has 0 amide bonds. The molecule has 0 aliphatic heterocycles. The van der Waals surface area contributed by atoms with Gasteiger partial charge in [0.2, 0.25) is 0 Å². The first kappa shape index (κ1) is 18.7. The lowest BCUT2D eigenvalue weighted by Gasteiger charge is -2.08. The number of carbonyl (C=O) groups is 1. The SMILES string of the molecule is COc1cc(/C=C/C(=O)Oc2cccc(Cl)c2Cl)ccc1OCC#N. The number of nitriles is 1.